The van der Waals surface area contributed by atoms with Crippen molar-refractivity contribution in [2.45, 2.75) is 45.6 Å². The van der Waals surface area contributed by atoms with Gasteiger partial charge in [0, 0.05) is 38.8 Å². The molecule has 2 fully saturated rings. The highest BCUT2D eigenvalue weighted by Gasteiger charge is 2.24. The minimum atomic E-state index is 0. The normalized spacial score (nSPS) is 18.4. The SMILES string of the molecule is CC(CC(=O)N(C)Cc1ccccc1N1CCCC1)C1CCNCC1.Cl.Cl. The van der Waals surface area contributed by atoms with Gasteiger partial charge in [0.2, 0.25) is 5.91 Å². The zero-order valence-electron chi connectivity index (χ0n) is 16.7. The number of rotatable bonds is 6. The molecule has 2 saturated heterocycles. The van der Waals surface area contributed by atoms with Crippen molar-refractivity contribution in [2.24, 2.45) is 11.8 Å². The first-order valence-electron chi connectivity index (χ1n) is 9.92. The summed E-state index contributed by atoms with van der Waals surface area (Å²) in [5.41, 5.74) is 2.58. The summed E-state index contributed by atoms with van der Waals surface area (Å²) in [7, 11) is 1.96. The molecule has 1 amide bonds. The lowest BCUT2D eigenvalue weighted by molar-refractivity contribution is -0.131. The fourth-order valence-electron chi connectivity index (χ4n) is 4.27. The van der Waals surface area contributed by atoms with E-state index in [1.807, 2.05) is 11.9 Å². The van der Waals surface area contributed by atoms with Crippen LogP contribution < -0.4 is 10.2 Å². The summed E-state index contributed by atoms with van der Waals surface area (Å²) in [5.74, 6) is 1.45. The number of halogens is 2. The van der Waals surface area contributed by atoms with Gasteiger partial charge in [0.1, 0.15) is 0 Å². The maximum Gasteiger partial charge on any atom is 0.222 e. The van der Waals surface area contributed by atoms with Gasteiger partial charge in [0.25, 0.3) is 0 Å². The van der Waals surface area contributed by atoms with E-state index in [-0.39, 0.29) is 30.7 Å². The molecule has 0 aliphatic carbocycles. The molecule has 1 N–H and O–H groups in total. The van der Waals surface area contributed by atoms with Gasteiger partial charge >= 0.3 is 0 Å². The molecule has 0 spiro atoms. The van der Waals surface area contributed by atoms with Gasteiger partial charge in [-0.25, -0.2) is 0 Å². The van der Waals surface area contributed by atoms with Gasteiger partial charge in [-0.1, -0.05) is 25.1 Å². The molecule has 2 heterocycles. The highest BCUT2D eigenvalue weighted by atomic mass is 35.5. The van der Waals surface area contributed by atoms with Gasteiger partial charge in [-0.2, -0.15) is 0 Å². The lowest BCUT2D eigenvalue weighted by Crippen LogP contribution is -2.34. The number of anilines is 1. The molecule has 1 unspecified atom stereocenters. The van der Waals surface area contributed by atoms with Crippen molar-refractivity contribution in [1.29, 1.82) is 0 Å². The van der Waals surface area contributed by atoms with Crippen LogP contribution in [0, 0.1) is 11.8 Å². The predicted molar refractivity (Wildman–Crippen MR) is 118 cm³/mol. The Bertz CT molecular complexity index is 572. The third kappa shape index (κ3) is 6.55. The molecule has 154 valence electrons. The summed E-state index contributed by atoms with van der Waals surface area (Å²) in [6.45, 7) is 7.44. The van der Waals surface area contributed by atoms with Crippen molar-refractivity contribution in [1.82, 2.24) is 10.2 Å². The van der Waals surface area contributed by atoms with Crippen molar-refractivity contribution in [3.63, 3.8) is 0 Å². The van der Waals surface area contributed by atoms with E-state index in [9.17, 15) is 4.79 Å². The fourth-order valence-corrected chi connectivity index (χ4v) is 4.27. The summed E-state index contributed by atoms with van der Waals surface area (Å²) >= 11 is 0. The summed E-state index contributed by atoms with van der Waals surface area (Å²) in [6, 6.07) is 8.58. The monoisotopic (exact) mass is 415 g/mol. The average molecular weight is 416 g/mol. The molecule has 3 rings (SSSR count). The molecule has 27 heavy (non-hydrogen) atoms. The lowest BCUT2D eigenvalue weighted by atomic mass is 9.84. The minimum absolute atomic E-state index is 0. The van der Waals surface area contributed by atoms with Crippen LogP contribution in [0.4, 0.5) is 5.69 Å². The summed E-state index contributed by atoms with van der Waals surface area (Å²) in [4.78, 5) is 17.1. The molecule has 1 aromatic carbocycles. The van der Waals surface area contributed by atoms with E-state index in [0.717, 1.165) is 26.2 Å². The van der Waals surface area contributed by atoms with Crippen molar-refractivity contribution < 1.29 is 4.79 Å². The number of hydrogen-bond acceptors (Lipinski definition) is 3. The highest BCUT2D eigenvalue weighted by Crippen LogP contribution is 2.27. The molecular formula is C21H35Cl2N3O. The summed E-state index contributed by atoms with van der Waals surface area (Å²) in [5, 5.41) is 3.41. The largest absolute Gasteiger partial charge is 0.371 e. The molecule has 0 radical (unpaired) electrons. The molecule has 0 bridgehead atoms. The second-order valence-corrected chi connectivity index (χ2v) is 7.84. The van der Waals surface area contributed by atoms with E-state index in [1.165, 1.54) is 36.9 Å². The molecule has 4 nitrogen and oxygen atoms in total. The van der Waals surface area contributed by atoms with Crippen LogP contribution in [0.2, 0.25) is 0 Å². The van der Waals surface area contributed by atoms with Crippen LogP contribution >= 0.6 is 24.8 Å². The number of carbonyl (C=O) groups excluding carboxylic acids is 1. The lowest BCUT2D eigenvalue weighted by Gasteiger charge is -2.29. The number of para-hydroxylation sites is 1. The van der Waals surface area contributed by atoms with Crippen LogP contribution in [-0.2, 0) is 11.3 Å². The first-order chi connectivity index (χ1) is 12.1. The zero-order chi connectivity index (χ0) is 17.6. The van der Waals surface area contributed by atoms with E-state index < -0.39 is 0 Å². The van der Waals surface area contributed by atoms with E-state index >= 15 is 0 Å². The smallest absolute Gasteiger partial charge is 0.222 e. The van der Waals surface area contributed by atoms with Gasteiger partial charge in [-0.3, -0.25) is 4.79 Å². The predicted octanol–water partition coefficient (Wildman–Crippen LogP) is 4.11. The van der Waals surface area contributed by atoms with Crippen molar-refractivity contribution in [2.75, 3.05) is 38.1 Å². The van der Waals surface area contributed by atoms with Gasteiger partial charge < -0.3 is 15.1 Å². The molecule has 0 saturated carbocycles. The van der Waals surface area contributed by atoms with Crippen molar-refractivity contribution >= 4 is 36.4 Å². The number of hydrogen-bond donors (Lipinski definition) is 1. The van der Waals surface area contributed by atoms with E-state index in [4.69, 9.17) is 0 Å². The molecule has 2 aliphatic rings. The van der Waals surface area contributed by atoms with Gasteiger partial charge in [-0.15, -0.1) is 24.8 Å². The molecule has 1 aromatic rings. The van der Waals surface area contributed by atoms with Gasteiger partial charge in [-0.05, 0) is 62.2 Å². The van der Waals surface area contributed by atoms with E-state index in [2.05, 4.69) is 41.4 Å². The summed E-state index contributed by atoms with van der Waals surface area (Å²) in [6.07, 6.45) is 5.63. The Morgan fingerprint density at radius 3 is 2.48 bits per heavy atom. The maximum absolute atomic E-state index is 12.7. The molecular weight excluding hydrogens is 381 g/mol. The molecule has 0 aromatic heterocycles. The van der Waals surface area contributed by atoms with E-state index in [0.29, 0.717) is 24.8 Å². The number of carbonyl (C=O) groups is 1. The number of benzene rings is 1. The standard InChI is InChI=1S/C21H33N3O.2ClH/c1-17(18-9-11-22-12-10-18)15-21(25)23(2)16-19-7-3-4-8-20(19)24-13-5-6-14-24;;/h3-4,7-8,17-18,22H,5-6,9-16H2,1-2H3;2*1H. The Labute approximate surface area is 176 Å². The molecule has 2 aliphatic heterocycles. The van der Waals surface area contributed by atoms with Crippen LogP contribution in [0.3, 0.4) is 0 Å². The average Bonchev–Trinajstić information content (AvgIpc) is 3.17. The summed E-state index contributed by atoms with van der Waals surface area (Å²) < 4.78 is 0. The number of amides is 1. The number of nitrogens with zero attached hydrogens (tertiary/aromatic N) is 2. The van der Waals surface area contributed by atoms with Crippen LogP contribution in [-0.4, -0.2) is 44.0 Å². The maximum atomic E-state index is 12.7. The number of nitrogens with one attached hydrogen (secondary N) is 1. The van der Waals surface area contributed by atoms with Gasteiger partial charge in [0.05, 0.1) is 0 Å². The Hall–Kier alpha value is -0.970. The minimum Gasteiger partial charge on any atom is -0.371 e. The molecule has 6 heteroatoms. The Morgan fingerprint density at radius 1 is 1.19 bits per heavy atom. The highest BCUT2D eigenvalue weighted by molar-refractivity contribution is 5.85. The van der Waals surface area contributed by atoms with Crippen LogP contribution in [0.25, 0.3) is 0 Å². The third-order valence-corrected chi connectivity index (χ3v) is 5.96. The first-order valence-corrected chi connectivity index (χ1v) is 9.92. The quantitative estimate of drug-likeness (QED) is 0.758. The third-order valence-electron chi connectivity index (χ3n) is 5.96. The van der Waals surface area contributed by atoms with Gasteiger partial charge in [0.15, 0.2) is 0 Å². The molecule has 1 atom stereocenters. The number of piperidine rings is 1. The Balaban J connectivity index is 0.00000182. The fraction of sp³-hybridized carbons (Fsp3) is 0.667. The second kappa shape index (κ2) is 11.8. The van der Waals surface area contributed by atoms with Crippen LogP contribution in [0.5, 0.6) is 0 Å². The van der Waals surface area contributed by atoms with Crippen LogP contribution in [0.15, 0.2) is 24.3 Å². The van der Waals surface area contributed by atoms with Crippen molar-refractivity contribution in [3.05, 3.63) is 29.8 Å². The zero-order valence-corrected chi connectivity index (χ0v) is 18.3. The Kier molecular flexibility index (Phi) is 10.5. The van der Waals surface area contributed by atoms with Crippen LogP contribution in [0.1, 0.15) is 44.6 Å². The second-order valence-electron chi connectivity index (χ2n) is 7.84. The first kappa shape index (κ1) is 24.1. The Morgan fingerprint density at radius 2 is 1.81 bits per heavy atom. The van der Waals surface area contributed by atoms with E-state index in [1.54, 1.807) is 0 Å². The topological polar surface area (TPSA) is 35.6 Å². The van der Waals surface area contributed by atoms with Crippen molar-refractivity contribution in [3.8, 4) is 0 Å².